The van der Waals surface area contributed by atoms with Crippen LogP contribution in [0.15, 0.2) is 42.5 Å². The van der Waals surface area contributed by atoms with E-state index in [1.165, 1.54) is 12.1 Å². The molecule has 3 aliphatic carbocycles. The Morgan fingerprint density at radius 3 is 2.39 bits per heavy atom. The lowest BCUT2D eigenvalue weighted by Crippen LogP contribution is -2.44. The number of benzene rings is 2. The zero-order valence-corrected chi connectivity index (χ0v) is 15.1. The second-order valence-electron chi connectivity index (χ2n) is 7.34. The molecule has 2 amide bonds. The Balaban J connectivity index is 1.63. The third kappa shape index (κ3) is 2.08. The molecule has 6 rings (SSSR count). The van der Waals surface area contributed by atoms with Crippen molar-refractivity contribution in [1.29, 1.82) is 0 Å². The summed E-state index contributed by atoms with van der Waals surface area (Å²) < 4.78 is 0. The van der Waals surface area contributed by atoms with Crippen molar-refractivity contribution in [3.8, 4) is 0 Å². The van der Waals surface area contributed by atoms with Gasteiger partial charge in [-0.3, -0.25) is 24.5 Å². The predicted molar refractivity (Wildman–Crippen MR) is 99.1 cm³/mol. The van der Waals surface area contributed by atoms with Crippen molar-refractivity contribution in [3.63, 3.8) is 0 Å². The highest BCUT2D eigenvalue weighted by atomic mass is 35.5. The Labute approximate surface area is 164 Å². The molecule has 1 saturated heterocycles. The van der Waals surface area contributed by atoms with E-state index in [0.717, 1.165) is 22.1 Å². The van der Waals surface area contributed by atoms with E-state index in [1.54, 1.807) is 0 Å². The smallest absolute Gasteiger partial charge is 0.289 e. The van der Waals surface area contributed by atoms with Crippen LogP contribution < -0.4 is 4.90 Å². The monoisotopic (exact) mass is 396 g/mol. The summed E-state index contributed by atoms with van der Waals surface area (Å²) in [5.41, 5.74) is 1.49. The second-order valence-corrected chi connectivity index (χ2v) is 7.75. The Morgan fingerprint density at radius 2 is 1.68 bits per heavy atom. The minimum atomic E-state index is -0.761. The number of ketones is 1. The van der Waals surface area contributed by atoms with Crippen LogP contribution in [0, 0.1) is 22.0 Å². The number of fused-ring (bicyclic) bond motifs is 1. The Kier molecular flexibility index (Phi) is 3.49. The summed E-state index contributed by atoms with van der Waals surface area (Å²) in [5, 5.41) is 11.1. The van der Waals surface area contributed by atoms with Crippen molar-refractivity contribution < 1.29 is 19.3 Å². The van der Waals surface area contributed by atoms with Crippen molar-refractivity contribution in [3.05, 3.63) is 68.7 Å². The molecule has 0 aromatic heterocycles. The van der Waals surface area contributed by atoms with Gasteiger partial charge in [0.2, 0.25) is 11.8 Å². The van der Waals surface area contributed by atoms with Gasteiger partial charge in [-0.1, -0.05) is 35.9 Å². The van der Waals surface area contributed by atoms with Gasteiger partial charge in [-0.15, -0.1) is 0 Å². The van der Waals surface area contributed by atoms with Gasteiger partial charge in [-0.25, -0.2) is 4.90 Å². The number of anilines is 1. The molecule has 1 aliphatic heterocycles. The van der Waals surface area contributed by atoms with Crippen LogP contribution in [0.2, 0.25) is 5.02 Å². The first-order valence-corrected chi connectivity index (χ1v) is 9.21. The van der Waals surface area contributed by atoms with Crippen molar-refractivity contribution in [1.82, 2.24) is 0 Å². The van der Waals surface area contributed by atoms with E-state index in [4.69, 9.17) is 11.6 Å². The van der Waals surface area contributed by atoms with Gasteiger partial charge in [0.15, 0.2) is 0 Å². The molecule has 0 spiro atoms. The second kappa shape index (κ2) is 5.72. The van der Waals surface area contributed by atoms with Gasteiger partial charge in [0.1, 0.15) is 10.8 Å². The number of nitro groups is 1. The highest BCUT2D eigenvalue weighted by molar-refractivity contribution is 6.33. The maximum absolute atomic E-state index is 13.2. The lowest BCUT2D eigenvalue weighted by atomic mass is 9.56. The topological polar surface area (TPSA) is 97.6 Å². The van der Waals surface area contributed by atoms with Gasteiger partial charge >= 0.3 is 0 Å². The highest BCUT2D eigenvalue weighted by Crippen LogP contribution is 2.57. The molecule has 0 radical (unpaired) electrons. The Bertz CT molecular complexity index is 1100. The first-order valence-electron chi connectivity index (χ1n) is 8.83. The third-order valence-electron chi connectivity index (χ3n) is 6.07. The first-order chi connectivity index (χ1) is 13.4. The van der Waals surface area contributed by atoms with Crippen LogP contribution in [0.3, 0.4) is 0 Å². The average Bonchev–Trinajstić information content (AvgIpc) is 2.94. The summed E-state index contributed by atoms with van der Waals surface area (Å²) >= 11 is 5.85. The van der Waals surface area contributed by atoms with E-state index < -0.39 is 34.5 Å². The summed E-state index contributed by atoms with van der Waals surface area (Å²) in [6.07, 6.45) is 0.233. The highest BCUT2D eigenvalue weighted by Gasteiger charge is 2.62. The Morgan fingerprint density at radius 1 is 1.00 bits per heavy atom. The summed E-state index contributed by atoms with van der Waals surface area (Å²) in [5.74, 6) is -3.30. The van der Waals surface area contributed by atoms with Gasteiger partial charge in [0, 0.05) is 18.4 Å². The van der Waals surface area contributed by atoms with Gasteiger partial charge in [0.05, 0.1) is 28.4 Å². The number of halogens is 1. The van der Waals surface area contributed by atoms with Crippen LogP contribution in [0.25, 0.3) is 0 Å². The van der Waals surface area contributed by atoms with Gasteiger partial charge in [0.25, 0.3) is 5.69 Å². The van der Waals surface area contributed by atoms with E-state index in [-0.39, 0.29) is 34.5 Å². The molecule has 2 aromatic rings. The molecule has 140 valence electrons. The SMILES string of the molecule is O=C1CC2c3ccccc3C1C1C(=O)N(c3ccc(Cl)c([N+](=O)[O-])c3)C(=O)C21. The average molecular weight is 397 g/mol. The van der Waals surface area contributed by atoms with Crippen molar-refractivity contribution in [2.75, 3.05) is 4.90 Å². The number of hydrogen-bond acceptors (Lipinski definition) is 5. The normalized spacial score (nSPS) is 27.8. The zero-order chi connectivity index (χ0) is 19.7. The zero-order valence-electron chi connectivity index (χ0n) is 14.4. The van der Waals surface area contributed by atoms with E-state index in [1.807, 2.05) is 24.3 Å². The number of imide groups is 1. The van der Waals surface area contributed by atoms with Crippen LogP contribution in [0.5, 0.6) is 0 Å². The molecule has 7 nitrogen and oxygen atoms in total. The van der Waals surface area contributed by atoms with Crippen LogP contribution in [0.4, 0.5) is 11.4 Å². The van der Waals surface area contributed by atoms with Crippen LogP contribution >= 0.6 is 11.6 Å². The van der Waals surface area contributed by atoms with Gasteiger partial charge < -0.3 is 0 Å². The minimum Gasteiger partial charge on any atom is -0.299 e. The molecule has 2 bridgehead atoms. The summed E-state index contributed by atoms with van der Waals surface area (Å²) in [6.45, 7) is 0. The van der Waals surface area contributed by atoms with E-state index >= 15 is 0 Å². The van der Waals surface area contributed by atoms with E-state index in [2.05, 4.69) is 0 Å². The number of Topliss-reactive ketones (excluding diaryl/α,β-unsaturated/α-hetero) is 1. The number of hydrogen-bond donors (Lipinski definition) is 0. The van der Waals surface area contributed by atoms with Crippen molar-refractivity contribution >= 4 is 40.6 Å². The van der Waals surface area contributed by atoms with E-state index in [9.17, 15) is 24.5 Å². The van der Waals surface area contributed by atoms with Crippen LogP contribution in [-0.4, -0.2) is 22.5 Å². The largest absolute Gasteiger partial charge is 0.299 e. The third-order valence-corrected chi connectivity index (χ3v) is 6.39. The van der Waals surface area contributed by atoms with Crippen LogP contribution in [0.1, 0.15) is 29.4 Å². The van der Waals surface area contributed by atoms with Gasteiger partial charge in [-0.05, 0) is 23.3 Å². The number of amides is 2. The number of rotatable bonds is 2. The molecule has 0 N–H and O–H groups in total. The van der Waals surface area contributed by atoms with Crippen LogP contribution in [-0.2, 0) is 14.4 Å². The fourth-order valence-electron chi connectivity index (χ4n) is 4.99. The maximum atomic E-state index is 13.2. The summed E-state index contributed by atoms with van der Waals surface area (Å²) in [7, 11) is 0. The molecular weight excluding hydrogens is 384 g/mol. The molecule has 28 heavy (non-hydrogen) atoms. The molecule has 4 atom stereocenters. The Hall–Kier alpha value is -3.06. The predicted octanol–water partition coefficient (Wildman–Crippen LogP) is 3.21. The van der Waals surface area contributed by atoms with E-state index in [0.29, 0.717) is 0 Å². The van der Waals surface area contributed by atoms with Crippen molar-refractivity contribution in [2.24, 2.45) is 11.8 Å². The fourth-order valence-corrected chi connectivity index (χ4v) is 5.18. The molecule has 1 heterocycles. The fraction of sp³-hybridized carbons (Fsp3) is 0.250. The molecule has 8 heteroatoms. The molecule has 1 saturated carbocycles. The van der Waals surface area contributed by atoms with Crippen molar-refractivity contribution in [2.45, 2.75) is 18.3 Å². The number of nitro benzene ring substituents is 1. The summed E-state index contributed by atoms with van der Waals surface area (Å²) in [6, 6.07) is 11.3. The minimum absolute atomic E-state index is 0.0324. The lowest BCUT2D eigenvalue weighted by molar-refractivity contribution is -0.384. The molecular formula is C20H13ClN2O5. The first kappa shape index (κ1) is 17.1. The molecule has 4 unspecified atom stereocenters. The summed E-state index contributed by atoms with van der Waals surface area (Å²) in [4.78, 5) is 50.6. The quantitative estimate of drug-likeness (QED) is 0.441. The number of carbonyl (C=O) groups excluding carboxylic acids is 3. The number of carbonyl (C=O) groups is 3. The van der Waals surface area contributed by atoms with Gasteiger partial charge in [-0.2, -0.15) is 0 Å². The standard InChI is InChI=1S/C20H13ClN2O5/c21-13-6-5-9(7-14(13)23(27)28)22-19(25)17-12-8-15(24)16(18(17)20(22)26)11-4-2-1-3-10(11)12/h1-7,12,16-18H,8H2. The molecule has 2 fully saturated rings. The number of nitrogens with zero attached hydrogens (tertiary/aromatic N) is 2. The maximum Gasteiger partial charge on any atom is 0.289 e. The molecule has 4 aliphatic rings. The lowest BCUT2D eigenvalue weighted by Gasteiger charge is -2.43. The molecule has 2 aromatic carbocycles.